The summed E-state index contributed by atoms with van der Waals surface area (Å²) in [5.41, 5.74) is 3.34. The van der Waals surface area contributed by atoms with Gasteiger partial charge in [-0.3, -0.25) is 4.68 Å². The van der Waals surface area contributed by atoms with Gasteiger partial charge in [-0.2, -0.15) is 5.10 Å². The first-order valence-electron chi connectivity index (χ1n) is 6.23. The number of hydrogen-bond acceptors (Lipinski definition) is 3. The Bertz CT molecular complexity index is 566. The summed E-state index contributed by atoms with van der Waals surface area (Å²) in [6, 6.07) is 8.08. The predicted molar refractivity (Wildman–Crippen MR) is 80.6 cm³/mol. The number of hydrogen-bond donors (Lipinski definition) is 1. The van der Waals surface area contributed by atoms with Crippen molar-refractivity contribution in [3.8, 4) is 5.75 Å². The van der Waals surface area contributed by atoms with Crippen molar-refractivity contribution in [3.05, 3.63) is 40.1 Å². The molecule has 0 radical (unpaired) electrons. The Morgan fingerprint density at radius 2 is 2.16 bits per heavy atom. The molecule has 0 fully saturated rings. The molecule has 0 aliphatic rings. The van der Waals surface area contributed by atoms with Crippen LogP contribution in [-0.2, 0) is 20.0 Å². The molecule has 4 nitrogen and oxygen atoms in total. The summed E-state index contributed by atoms with van der Waals surface area (Å²) in [5.74, 6) is 0.833. The van der Waals surface area contributed by atoms with Crippen LogP contribution in [0.15, 0.2) is 28.7 Å². The molecule has 0 unspecified atom stereocenters. The molecule has 0 aliphatic carbocycles. The molecule has 19 heavy (non-hydrogen) atoms. The third-order valence-corrected chi connectivity index (χ3v) is 3.63. The Kier molecular flexibility index (Phi) is 4.47. The van der Waals surface area contributed by atoms with Gasteiger partial charge in [-0.15, -0.1) is 0 Å². The first kappa shape index (κ1) is 13.9. The molecule has 2 rings (SSSR count). The summed E-state index contributed by atoms with van der Waals surface area (Å²) < 4.78 is 8.08. The van der Waals surface area contributed by atoms with Gasteiger partial charge in [0.05, 0.1) is 29.5 Å². The van der Waals surface area contributed by atoms with Gasteiger partial charge in [0.25, 0.3) is 0 Å². The Labute approximate surface area is 121 Å². The fourth-order valence-corrected chi connectivity index (χ4v) is 2.42. The second-order valence-electron chi connectivity index (χ2n) is 4.31. The van der Waals surface area contributed by atoms with E-state index >= 15 is 0 Å². The smallest absolute Gasteiger partial charge is 0.133 e. The Balaban J connectivity index is 2.05. The van der Waals surface area contributed by atoms with Gasteiger partial charge in [-0.1, -0.05) is 6.92 Å². The molecule has 1 heterocycles. The second-order valence-corrected chi connectivity index (χ2v) is 5.16. The number of aromatic nitrogens is 2. The SMILES string of the molecule is CCc1cc(CNc2ccc(OC)c(Br)c2)n(C)n1. The van der Waals surface area contributed by atoms with E-state index in [2.05, 4.69) is 39.3 Å². The summed E-state index contributed by atoms with van der Waals surface area (Å²) in [4.78, 5) is 0. The zero-order chi connectivity index (χ0) is 13.8. The molecule has 102 valence electrons. The van der Waals surface area contributed by atoms with E-state index in [1.807, 2.05) is 29.9 Å². The largest absolute Gasteiger partial charge is 0.496 e. The Morgan fingerprint density at radius 3 is 2.74 bits per heavy atom. The average molecular weight is 324 g/mol. The molecular weight excluding hydrogens is 306 g/mol. The lowest BCUT2D eigenvalue weighted by Crippen LogP contribution is -2.05. The summed E-state index contributed by atoms with van der Waals surface area (Å²) in [6.07, 6.45) is 0.960. The molecule has 1 aromatic heterocycles. The van der Waals surface area contributed by atoms with E-state index < -0.39 is 0 Å². The second kappa shape index (κ2) is 6.10. The van der Waals surface area contributed by atoms with Crippen LogP contribution in [0.4, 0.5) is 5.69 Å². The lowest BCUT2D eigenvalue weighted by atomic mass is 10.2. The Hall–Kier alpha value is -1.49. The van der Waals surface area contributed by atoms with Crippen molar-refractivity contribution < 1.29 is 4.74 Å². The van der Waals surface area contributed by atoms with Crippen LogP contribution < -0.4 is 10.1 Å². The molecule has 5 heteroatoms. The highest BCUT2D eigenvalue weighted by Crippen LogP contribution is 2.27. The summed E-state index contributed by atoms with van der Waals surface area (Å²) in [7, 11) is 3.63. The van der Waals surface area contributed by atoms with Gasteiger partial charge in [0, 0.05) is 12.7 Å². The van der Waals surface area contributed by atoms with E-state index in [1.54, 1.807) is 7.11 Å². The maximum Gasteiger partial charge on any atom is 0.133 e. The molecule has 0 bridgehead atoms. The van der Waals surface area contributed by atoms with Crippen molar-refractivity contribution in [2.24, 2.45) is 7.05 Å². The van der Waals surface area contributed by atoms with Crippen LogP contribution in [0.25, 0.3) is 0 Å². The standard InChI is InChI=1S/C14H18BrN3O/c1-4-10-7-12(18(2)17-10)9-16-11-5-6-14(19-3)13(15)8-11/h5-8,16H,4,9H2,1-3H3. The number of methoxy groups -OCH3 is 1. The number of nitrogens with one attached hydrogen (secondary N) is 1. The molecule has 0 aliphatic heterocycles. The quantitative estimate of drug-likeness (QED) is 0.917. The maximum absolute atomic E-state index is 5.21. The van der Waals surface area contributed by atoms with Crippen molar-refractivity contribution in [1.29, 1.82) is 0 Å². The highest BCUT2D eigenvalue weighted by Gasteiger charge is 2.05. The fourth-order valence-electron chi connectivity index (χ4n) is 1.88. The van der Waals surface area contributed by atoms with E-state index in [0.717, 1.165) is 34.6 Å². The van der Waals surface area contributed by atoms with E-state index in [4.69, 9.17) is 4.74 Å². The summed E-state index contributed by atoms with van der Waals surface area (Å²) in [5, 5.41) is 7.82. The number of benzene rings is 1. The molecule has 0 spiro atoms. The molecule has 0 saturated heterocycles. The van der Waals surface area contributed by atoms with Gasteiger partial charge in [0.15, 0.2) is 0 Å². The van der Waals surface area contributed by atoms with Gasteiger partial charge in [0.1, 0.15) is 5.75 Å². The molecule has 0 amide bonds. The minimum Gasteiger partial charge on any atom is -0.496 e. The minimum atomic E-state index is 0.752. The van der Waals surface area contributed by atoms with Crippen LogP contribution >= 0.6 is 15.9 Å². The van der Waals surface area contributed by atoms with Crippen LogP contribution in [0.3, 0.4) is 0 Å². The van der Waals surface area contributed by atoms with Crippen LogP contribution in [0, 0.1) is 0 Å². The van der Waals surface area contributed by atoms with Gasteiger partial charge in [-0.05, 0) is 46.6 Å². The monoisotopic (exact) mass is 323 g/mol. The molecule has 0 atom stereocenters. The predicted octanol–water partition coefficient (Wildman–Crippen LogP) is 3.37. The molecule has 1 aromatic carbocycles. The average Bonchev–Trinajstić information content (AvgIpc) is 2.77. The summed E-state index contributed by atoms with van der Waals surface area (Å²) >= 11 is 3.48. The number of anilines is 1. The Morgan fingerprint density at radius 1 is 1.37 bits per heavy atom. The van der Waals surface area contributed by atoms with Crippen LogP contribution in [0.2, 0.25) is 0 Å². The number of nitrogens with zero attached hydrogens (tertiary/aromatic N) is 2. The third-order valence-electron chi connectivity index (χ3n) is 3.01. The molecule has 1 N–H and O–H groups in total. The van der Waals surface area contributed by atoms with E-state index in [0.29, 0.717) is 0 Å². The van der Waals surface area contributed by atoms with E-state index in [1.165, 1.54) is 5.69 Å². The van der Waals surface area contributed by atoms with Crippen molar-refractivity contribution in [2.75, 3.05) is 12.4 Å². The number of halogens is 1. The van der Waals surface area contributed by atoms with Crippen LogP contribution in [0.5, 0.6) is 5.75 Å². The maximum atomic E-state index is 5.21. The zero-order valence-corrected chi connectivity index (χ0v) is 13.0. The highest BCUT2D eigenvalue weighted by atomic mass is 79.9. The highest BCUT2D eigenvalue weighted by molar-refractivity contribution is 9.10. The van der Waals surface area contributed by atoms with Crippen LogP contribution in [0.1, 0.15) is 18.3 Å². The van der Waals surface area contributed by atoms with Gasteiger partial charge in [0.2, 0.25) is 0 Å². The van der Waals surface area contributed by atoms with Gasteiger partial charge in [-0.25, -0.2) is 0 Å². The lowest BCUT2D eigenvalue weighted by Gasteiger charge is -2.09. The first-order chi connectivity index (χ1) is 9.13. The molecule has 0 saturated carbocycles. The van der Waals surface area contributed by atoms with E-state index in [-0.39, 0.29) is 0 Å². The van der Waals surface area contributed by atoms with Gasteiger partial charge < -0.3 is 10.1 Å². The zero-order valence-electron chi connectivity index (χ0n) is 11.4. The number of rotatable bonds is 5. The topological polar surface area (TPSA) is 39.1 Å². The lowest BCUT2D eigenvalue weighted by molar-refractivity contribution is 0.412. The number of ether oxygens (including phenoxy) is 1. The summed E-state index contributed by atoms with van der Waals surface area (Å²) in [6.45, 7) is 2.86. The van der Waals surface area contributed by atoms with Crippen molar-refractivity contribution in [3.63, 3.8) is 0 Å². The minimum absolute atomic E-state index is 0.752. The normalized spacial score (nSPS) is 10.5. The van der Waals surface area contributed by atoms with E-state index in [9.17, 15) is 0 Å². The number of aryl methyl sites for hydroxylation is 2. The van der Waals surface area contributed by atoms with Crippen molar-refractivity contribution >= 4 is 21.6 Å². The van der Waals surface area contributed by atoms with Crippen LogP contribution in [-0.4, -0.2) is 16.9 Å². The molecular formula is C14H18BrN3O. The van der Waals surface area contributed by atoms with Crippen molar-refractivity contribution in [1.82, 2.24) is 9.78 Å². The fraction of sp³-hybridized carbons (Fsp3) is 0.357. The molecule has 2 aromatic rings. The van der Waals surface area contributed by atoms with Gasteiger partial charge >= 0.3 is 0 Å². The van der Waals surface area contributed by atoms with Crippen molar-refractivity contribution in [2.45, 2.75) is 19.9 Å². The first-order valence-corrected chi connectivity index (χ1v) is 7.02. The third kappa shape index (κ3) is 3.29.